The Labute approximate surface area is 223 Å². The first-order valence-corrected chi connectivity index (χ1v) is 13.0. The van der Waals surface area contributed by atoms with Gasteiger partial charge in [0, 0.05) is 17.3 Å². The SMILES string of the molecule is COC(=O)Nc1ccc(-c2cccc(C(Cc3ccccc3)c3ccc(OS(=O)(=O)C(F)(F)F)cn3)c2)cc1. The van der Waals surface area contributed by atoms with Gasteiger partial charge >= 0.3 is 21.7 Å². The summed E-state index contributed by atoms with van der Waals surface area (Å²) in [5.41, 5.74) is -0.778. The van der Waals surface area contributed by atoms with Crippen molar-refractivity contribution in [1.29, 1.82) is 0 Å². The second kappa shape index (κ2) is 11.6. The number of aromatic nitrogens is 1. The average molecular weight is 557 g/mol. The molecule has 4 rings (SSSR count). The summed E-state index contributed by atoms with van der Waals surface area (Å²) in [6.45, 7) is 0. The van der Waals surface area contributed by atoms with Gasteiger partial charge in [-0.1, -0.05) is 66.7 Å². The molecule has 0 aliphatic heterocycles. The predicted octanol–water partition coefficient (Wildman–Crippen LogP) is 6.53. The van der Waals surface area contributed by atoms with Crippen LogP contribution in [0, 0.1) is 0 Å². The summed E-state index contributed by atoms with van der Waals surface area (Å²) in [7, 11) is -4.52. The summed E-state index contributed by atoms with van der Waals surface area (Å²) in [6, 6.07) is 27.1. The van der Waals surface area contributed by atoms with Crippen molar-refractivity contribution in [3.8, 4) is 16.9 Å². The highest BCUT2D eigenvalue weighted by Gasteiger charge is 2.48. The van der Waals surface area contributed by atoms with E-state index in [-0.39, 0.29) is 5.92 Å². The Bertz CT molecular complexity index is 1530. The van der Waals surface area contributed by atoms with Gasteiger partial charge in [-0.25, -0.2) is 4.79 Å². The quantitative estimate of drug-likeness (QED) is 0.196. The molecule has 0 saturated heterocycles. The Morgan fingerprint density at radius 2 is 1.64 bits per heavy atom. The van der Waals surface area contributed by atoms with Gasteiger partial charge in [-0.05, 0) is 52.9 Å². The van der Waals surface area contributed by atoms with Crippen LogP contribution in [0.5, 0.6) is 5.75 Å². The van der Waals surface area contributed by atoms with Gasteiger partial charge in [0.1, 0.15) is 0 Å². The molecule has 0 fully saturated rings. The highest BCUT2D eigenvalue weighted by molar-refractivity contribution is 7.88. The van der Waals surface area contributed by atoms with Crippen LogP contribution in [0.25, 0.3) is 11.1 Å². The van der Waals surface area contributed by atoms with Gasteiger partial charge in [0.25, 0.3) is 0 Å². The van der Waals surface area contributed by atoms with Crippen LogP contribution in [0.3, 0.4) is 0 Å². The maximum atomic E-state index is 12.7. The third-order valence-electron chi connectivity index (χ3n) is 5.83. The fourth-order valence-electron chi connectivity index (χ4n) is 3.91. The smallest absolute Gasteiger partial charge is 0.453 e. The van der Waals surface area contributed by atoms with Crippen LogP contribution in [0.4, 0.5) is 23.7 Å². The van der Waals surface area contributed by atoms with E-state index in [1.54, 1.807) is 12.1 Å². The topological polar surface area (TPSA) is 94.6 Å². The molecule has 11 heteroatoms. The second-order valence-corrected chi connectivity index (χ2v) is 10.0. The summed E-state index contributed by atoms with van der Waals surface area (Å²) in [5.74, 6) is -0.843. The van der Waals surface area contributed by atoms with Crippen molar-refractivity contribution >= 4 is 21.9 Å². The number of methoxy groups -OCH3 is 1. The number of nitrogens with zero attached hydrogens (tertiary/aromatic N) is 1. The minimum Gasteiger partial charge on any atom is -0.453 e. The number of ether oxygens (including phenoxy) is 1. The van der Waals surface area contributed by atoms with Crippen molar-refractivity contribution < 1.29 is 35.3 Å². The highest BCUT2D eigenvalue weighted by atomic mass is 32.2. The number of hydrogen-bond acceptors (Lipinski definition) is 6. The zero-order valence-corrected chi connectivity index (χ0v) is 21.4. The maximum Gasteiger partial charge on any atom is 0.534 e. The normalized spacial score (nSPS) is 12.4. The Hall–Kier alpha value is -4.38. The molecule has 1 unspecified atom stereocenters. The van der Waals surface area contributed by atoms with Crippen molar-refractivity contribution in [2.45, 2.75) is 17.8 Å². The number of pyridine rings is 1. The lowest BCUT2D eigenvalue weighted by molar-refractivity contribution is -0.0500. The summed E-state index contributed by atoms with van der Waals surface area (Å²) in [4.78, 5) is 15.7. The molecule has 7 nitrogen and oxygen atoms in total. The number of carbonyl (C=O) groups excluding carboxylic acids is 1. The van der Waals surface area contributed by atoms with Gasteiger partial charge in [-0.2, -0.15) is 21.6 Å². The first-order chi connectivity index (χ1) is 18.6. The highest BCUT2D eigenvalue weighted by Crippen LogP contribution is 2.33. The molecule has 1 atom stereocenters. The number of rotatable bonds is 8. The number of carbonyl (C=O) groups is 1. The fraction of sp³-hybridized carbons (Fsp3) is 0.143. The standard InChI is InChI=1S/C28H23F3N2O5S/c1-37-27(34)33-23-12-10-20(11-13-23)21-8-5-9-22(17-21)25(16-19-6-3-2-4-7-19)26-15-14-24(18-32-26)38-39(35,36)28(29,30)31/h2-15,17-18,25H,16H2,1H3,(H,33,34). The lowest BCUT2D eigenvalue weighted by Crippen LogP contribution is -2.28. The molecular weight excluding hydrogens is 533 g/mol. The molecule has 0 radical (unpaired) electrons. The van der Waals surface area contributed by atoms with Crippen molar-refractivity contribution in [3.05, 3.63) is 114 Å². The summed E-state index contributed by atoms with van der Waals surface area (Å²) in [6.07, 6.45) is 0.918. The minimum absolute atomic E-state index is 0.305. The molecule has 1 amide bonds. The number of halogens is 3. The second-order valence-electron chi connectivity index (χ2n) is 8.46. The van der Waals surface area contributed by atoms with Crippen LogP contribution >= 0.6 is 0 Å². The van der Waals surface area contributed by atoms with E-state index in [2.05, 4.69) is 19.2 Å². The van der Waals surface area contributed by atoms with E-state index in [1.165, 1.54) is 13.2 Å². The molecule has 39 heavy (non-hydrogen) atoms. The van der Waals surface area contributed by atoms with Crippen molar-refractivity contribution in [2.24, 2.45) is 0 Å². The van der Waals surface area contributed by atoms with Crippen LogP contribution in [0.2, 0.25) is 0 Å². The zero-order valence-electron chi connectivity index (χ0n) is 20.6. The first-order valence-electron chi connectivity index (χ1n) is 11.6. The molecule has 202 valence electrons. The lowest BCUT2D eigenvalue weighted by atomic mass is 9.87. The van der Waals surface area contributed by atoms with Gasteiger partial charge in [0.2, 0.25) is 0 Å². The number of amides is 1. The van der Waals surface area contributed by atoms with Gasteiger partial charge < -0.3 is 8.92 Å². The van der Waals surface area contributed by atoms with Crippen LogP contribution in [0.15, 0.2) is 97.2 Å². The van der Waals surface area contributed by atoms with Crippen LogP contribution in [-0.4, -0.2) is 32.1 Å². The zero-order chi connectivity index (χ0) is 28.0. The van der Waals surface area contributed by atoms with E-state index in [9.17, 15) is 26.4 Å². The Morgan fingerprint density at radius 3 is 2.26 bits per heavy atom. The molecule has 0 spiro atoms. The van der Waals surface area contributed by atoms with E-state index in [1.807, 2.05) is 66.7 Å². The number of anilines is 1. The molecule has 1 heterocycles. The van der Waals surface area contributed by atoms with E-state index in [0.717, 1.165) is 34.5 Å². The van der Waals surface area contributed by atoms with Gasteiger partial charge in [0.15, 0.2) is 5.75 Å². The largest absolute Gasteiger partial charge is 0.534 e. The average Bonchev–Trinajstić information content (AvgIpc) is 2.92. The van der Waals surface area contributed by atoms with Crippen LogP contribution in [0.1, 0.15) is 22.7 Å². The lowest BCUT2D eigenvalue weighted by Gasteiger charge is -2.19. The van der Waals surface area contributed by atoms with Gasteiger partial charge in [-0.15, -0.1) is 0 Å². The number of nitrogens with one attached hydrogen (secondary N) is 1. The maximum absolute atomic E-state index is 12.7. The molecule has 0 aliphatic carbocycles. The van der Waals surface area contributed by atoms with E-state index >= 15 is 0 Å². The monoisotopic (exact) mass is 556 g/mol. The molecular formula is C28H23F3N2O5S. The molecule has 3 aromatic carbocycles. The minimum atomic E-state index is -5.80. The third kappa shape index (κ3) is 6.94. The number of benzene rings is 3. The summed E-state index contributed by atoms with van der Waals surface area (Å²) in [5, 5.41) is 2.60. The Morgan fingerprint density at radius 1 is 0.923 bits per heavy atom. The molecule has 4 aromatic rings. The van der Waals surface area contributed by atoms with Crippen molar-refractivity contribution in [3.63, 3.8) is 0 Å². The molecule has 1 aromatic heterocycles. The molecule has 0 saturated carbocycles. The predicted molar refractivity (Wildman–Crippen MR) is 140 cm³/mol. The van der Waals surface area contributed by atoms with Gasteiger partial charge in [-0.3, -0.25) is 10.3 Å². The first kappa shape index (κ1) is 27.6. The van der Waals surface area contributed by atoms with E-state index in [4.69, 9.17) is 0 Å². The van der Waals surface area contributed by atoms with Crippen LogP contribution < -0.4 is 9.50 Å². The summed E-state index contributed by atoms with van der Waals surface area (Å²) < 4.78 is 69.6. The number of alkyl halides is 3. The Balaban J connectivity index is 1.65. The molecule has 1 N–H and O–H groups in total. The van der Waals surface area contributed by atoms with Gasteiger partial charge in [0.05, 0.1) is 13.3 Å². The van der Waals surface area contributed by atoms with E-state index < -0.39 is 27.5 Å². The van der Waals surface area contributed by atoms with Crippen LogP contribution in [-0.2, 0) is 21.3 Å². The molecule has 0 bridgehead atoms. The third-order valence-corrected chi connectivity index (χ3v) is 6.81. The number of hydrogen-bond donors (Lipinski definition) is 1. The van der Waals surface area contributed by atoms with E-state index in [0.29, 0.717) is 17.8 Å². The molecule has 0 aliphatic rings. The van der Waals surface area contributed by atoms with Crippen molar-refractivity contribution in [1.82, 2.24) is 4.98 Å². The summed E-state index contributed by atoms with van der Waals surface area (Å²) >= 11 is 0. The van der Waals surface area contributed by atoms with Crippen molar-refractivity contribution in [2.75, 3.05) is 12.4 Å². The fourth-order valence-corrected chi connectivity index (χ4v) is 4.36. The Kier molecular flexibility index (Phi) is 8.20.